The number of non-ortho nitro benzene ring substituents is 2. The number of aryl methyl sites for hydroxylation is 2. The van der Waals surface area contributed by atoms with Crippen LogP contribution in [0.15, 0.2) is 60.9 Å². The zero-order valence-electron chi connectivity index (χ0n) is 26.7. The Bertz CT molecular complexity index is 1940. The maximum Gasteiger partial charge on any atom is 0.270 e. The molecule has 0 aliphatic heterocycles. The van der Waals surface area contributed by atoms with Crippen LogP contribution >= 0.6 is 0 Å². The van der Waals surface area contributed by atoms with E-state index in [0.29, 0.717) is 0 Å². The first kappa shape index (κ1) is 31.1. The highest BCUT2D eigenvalue weighted by molar-refractivity contribution is 6.11. The molecule has 0 fully saturated rings. The summed E-state index contributed by atoms with van der Waals surface area (Å²) < 4.78 is 4.57. The lowest BCUT2D eigenvalue weighted by atomic mass is 10.1. The molecule has 0 N–H and O–H groups in total. The fourth-order valence-electron chi connectivity index (χ4n) is 7.16. The lowest BCUT2D eigenvalue weighted by Gasteiger charge is -2.26. The summed E-state index contributed by atoms with van der Waals surface area (Å²) in [4.78, 5) is 32.2. The molecule has 6 aromatic rings. The van der Waals surface area contributed by atoms with E-state index in [1.807, 2.05) is 38.1 Å². The molecule has 0 saturated carbocycles. The maximum absolute atomic E-state index is 11.8. The van der Waals surface area contributed by atoms with Gasteiger partial charge in [0.1, 0.15) is 6.17 Å². The average molecular weight is 621 g/mol. The largest absolute Gasteiger partial charge is 0.317 e. The van der Waals surface area contributed by atoms with Crippen molar-refractivity contribution in [1.29, 1.82) is 0 Å². The predicted octanol–water partition coefficient (Wildman–Crippen LogP) is 10.1. The molecule has 6 rings (SSSR count). The van der Waals surface area contributed by atoms with Crippen LogP contribution in [-0.4, -0.2) is 28.9 Å². The minimum absolute atomic E-state index is 0.0423. The maximum atomic E-state index is 11.8. The summed E-state index contributed by atoms with van der Waals surface area (Å²) in [5, 5.41) is 27.0. The molecule has 2 aromatic carbocycles. The Morgan fingerprint density at radius 2 is 1.07 bits per heavy atom. The minimum Gasteiger partial charge on any atom is -0.317 e. The van der Waals surface area contributed by atoms with Crippen molar-refractivity contribution in [2.45, 2.75) is 91.1 Å². The van der Waals surface area contributed by atoms with E-state index in [9.17, 15) is 20.2 Å². The monoisotopic (exact) mass is 620 g/mol. The topological polar surface area (TPSA) is 122 Å². The normalized spacial score (nSPS) is 11.9. The van der Waals surface area contributed by atoms with Gasteiger partial charge in [-0.2, -0.15) is 0 Å². The minimum atomic E-state index is -0.356. The van der Waals surface area contributed by atoms with Crippen LogP contribution in [0.25, 0.3) is 43.6 Å². The van der Waals surface area contributed by atoms with Gasteiger partial charge in [-0.05, 0) is 51.0 Å². The van der Waals surface area contributed by atoms with E-state index in [1.54, 1.807) is 36.7 Å². The number of fused-ring (bicyclic) bond motifs is 6. The molecule has 0 unspecified atom stereocenters. The van der Waals surface area contributed by atoms with Crippen molar-refractivity contribution in [3.05, 3.63) is 92.5 Å². The van der Waals surface area contributed by atoms with Gasteiger partial charge in [0.25, 0.3) is 11.4 Å². The summed E-state index contributed by atoms with van der Waals surface area (Å²) >= 11 is 0. The summed E-state index contributed by atoms with van der Waals surface area (Å²) in [6.45, 7) is 6.19. The molecule has 0 atom stereocenters. The Morgan fingerprint density at radius 1 is 0.630 bits per heavy atom. The van der Waals surface area contributed by atoms with Crippen molar-refractivity contribution in [1.82, 2.24) is 19.1 Å². The Kier molecular flexibility index (Phi) is 8.96. The van der Waals surface area contributed by atoms with E-state index >= 15 is 0 Å². The lowest BCUT2D eigenvalue weighted by Crippen LogP contribution is -2.19. The predicted molar refractivity (Wildman–Crippen MR) is 184 cm³/mol. The molecule has 0 aliphatic rings. The summed E-state index contributed by atoms with van der Waals surface area (Å²) in [7, 11) is 0. The highest BCUT2D eigenvalue weighted by atomic mass is 16.6. The Morgan fingerprint density at radius 3 is 1.50 bits per heavy atom. The number of benzene rings is 2. The second kappa shape index (κ2) is 13.2. The van der Waals surface area contributed by atoms with Crippen LogP contribution in [0.4, 0.5) is 11.4 Å². The van der Waals surface area contributed by atoms with Crippen LogP contribution < -0.4 is 0 Å². The first-order valence-electron chi connectivity index (χ1n) is 16.4. The van der Waals surface area contributed by atoms with Crippen molar-refractivity contribution in [3.63, 3.8) is 0 Å². The van der Waals surface area contributed by atoms with E-state index in [2.05, 4.69) is 26.0 Å². The number of unbranched alkanes of at least 4 members (excludes halogenated alkanes) is 8. The van der Waals surface area contributed by atoms with Crippen LogP contribution in [0.1, 0.15) is 88.7 Å². The van der Waals surface area contributed by atoms with E-state index in [-0.39, 0.29) is 27.4 Å². The van der Waals surface area contributed by atoms with Gasteiger partial charge in [-0.1, -0.05) is 58.3 Å². The molecule has 4 heterocycles. The van der Waals surface area contributed by atoms with Gasteiger partial charge >= 0.3 is 0 Å². The molecule has 10 nitrogen and oxygen atoms in total. The molecular formula is C36H40N6O4. The van der Waals surface area contributed by atoms with Crippen molar-refractivity contribution < 1.29 is 9.85 Å². The smallest absolute Gasteiger partial charge is 0.270 e. The third kappa shape index (κ3) is 5.68. The van der Waals surface area contributed by atoms with Crippen molar-refractivity contribution in [2.75, 3.05) is 0 Å². The number of hydrogen-bond donors (Lipinski definition) is 0. The fourth-order valence-corrected chi connectivity index (χ4v) is 7.16. The molecule has 10 heteroatoms. The molecule has 0 spiro atoms. The summed E-state index contributed by atoms with van der Waals surface area (Å²) in [5.41, 5.74) is 5.38. The molecule has 0 radical (unpaired) electrons. The quantitative estimate of drug-likeness (QED) is 0.0678. The zero-order valence-corrected chi connectivity index (χ0v) is 26.7. The third-order valence-electron chi connectivity index (χ3n) is 9.34. The van der Waals surface area contributed by atoms with E-state index in [4.69, 9.17) is 0 Å². The molecule has 0 aliphatic carbocycles. The summed E-state index contributed by atoms with van der Waals surface area (Å²) in [6.07, 6.45) is 14.9. The van der Waals surface area contributed by atoms with Crippen LogP contribution in [0.5, 0.6) is 0 Å². The van der Waals surface area contributed by atoms with Gasteiger partial charge in [-0.3, -0.25) is 30.2 Å². The van der Waals surface area contributed by atoms with Gasteiger partial charge < -0.3 is 9.13 Å². The van der Waals surface area contributed by atoms with Crippen LogP contribution in [0, 0.1) is 34.1 Å². The first-order chi connectivity index (χ1) is 22.3. The number of nitro benzene ring substituents is 2. The molecule has 0 amide bonds. The SMILES string of the molecule is CCCCCCCCCCCC(n1c2ccc([N+](=O)[O-])cc2c2ccnc(C)c21)n1c2ccc([N+](=O)[O-])cc2c2ccnc(C)c21. The molecule has 0 bridgehead atoms. The fraction of sp³-hybridized carbons (Fsp3) is 0.389. The number of nitrogens with zero attached hydrogens (tertiary/aromatic N) is 6. The number of nitro groups is 2. The van der Waals surface area contributed by atoms with Gasteiger partial charge in [0.15, 0.2) is 0 Å². The van der Waals surface area contributed by atoms with E-state index < -0.39 is 0 Å². The number of aromatic nitrogens is 4. The van der Waals surface area contributed by atoms with Gasteiger partial charge in [0.05, 0.1) is 43.3 Å². The summed E-state index contributed by atoms with van der Waals surface area (Å²) in [5.74, 6) is 0. The Hall–Kier alpha value is -4.86. The highest BCUT2D eigenvalue weighted by Gasteiger charge is 2.27. The van der Waals surface area contributed by atoms with Gasteiger partial charge in [0, 0.05) is 58.2 Å². The van der Waals surface area contributed by atoms with Gasteiger partial charge in [-0.25, -0.2) is 0 Å². The molecular weight excluding hydrogens is 580 g/mol. The third-order valence-corrected chi connectivity index (χ3v) is 9.34. The highest BCUT2D eigenvalue weighted by Crippen LogP contribution is 2.42. The molecule has 4 aromatic heterocycles. The molecule has 46 heavy (non-hydrogen) atoms. The standard InChI is InChI=1S/C36H40N6O4/c1-4-5-6-7-8-9-10-11-12-13-34(39-32-16-14-26(41(43)44)22-30(32)28-18-20-37-24(2)35(28)39)40-33-17-15-27(42(45)46)23-31(33)29-19-21-38-25(3)36(29)40/h14-23,34H,4-13H2,1-3H3. The van der Waals surface area contributed by atoms with Crippen molar-refractivity contribution in [2.24, 2.45) is 0 Å². The molecule has 238 valence electrons. The zero-order chi connectivity index (χ0) is 32.4. The second-order valence-corrected chi connectivity index (χ2v) is 12.3. The van der Waals surface area contributed by atoms with Crippen molar-refractivity contribution in [3.8, 4) is 0 Å². The summed E-state index contributed by atoms with van der Waals surface area (Å²) in [6, 6.07) is 14.0. The molecule has 0 saturated heterocycles. The van der Waals surface area contributed by atoms with E-state index in [1.165, 1.54) is 44.9 Å². The second-order valence-electron chi connectivity index (χ2n) is 12.3. The average Bonchev–Trinajstić information content (AvgIpc) is 3.56. The Balaban J connectivity index is 1.54. The first-order valence-corrected chi connectivity index (χ1v) is 16.4. The number of pyridine rings is 2. The van der Waals surface area contributed by atoms with Crippen LogP contribution in [-0.2, 0) is 0 Å². The van der Waals surface area contributed by atoms with Crippen LogP contribution in [0.3, 0.4) is 0 Å². The number of hydrogen-bond acceptors (Lipinski definition) is 6. The number of rotatable bonds is 14. The van der Waals surface area contributed by atoms with Gasteiger partial charge in [-0.15, -0.1) is 0 Å². The Labute approximate surface area is 267 Å². The van der Waals surface area contributed by atoms with Gasteiger partial charge in [0.2, 0.25) is 0 Å². The van der Waals surface area contributed by atoms with Crippen LogP contribution in [0.2, 0.25) is 0 Å². The lowest BCUT2D eigenvalue weighted by molar-refractivity contribution is -0.384. The van der Waals surface area contributed by atoms with Crippen molar-refractivity contribution >= 4 is 55.0 Å². The van der Waals surface area contributed by atoms with E-state index in [0.717, 1.165) is 74.3 Å².